The lowest BCUT2D eigenvalue weighted by molar-refractivity contribution is 0.209. The van der Waals surface area contributed by atoms with Crippen LogP contribution in [0, 0.1) is 0 Å². The van der Waals surface area contributed by atoms with Crippen molar-refractivity contribution >= 4 is 16.6 Å². The molecular weight excluding hydrogens is 356 g/mol. The van der Waals surface area contributed by atoms with Crippen molar-refractivity contribution in [1.29, 1.82) is 0 Å². The molecule has 2 heterocycles. The fraction of sp³-hybridized carbons (Fsp3) is 0.524. The Kier molecular flexibility index (Phi) is 6.96. The maximum absolute atomic E-state index is 12.2. The predicted molar refractivity (Wildman–Crippen MR) is 113 cm³/mol. The van der Waals surface area contributed by atoms with Crippen molar-refractivity contribution in [2.24, 2.45) is 0 Å². The lowest BCUT2D eigenvalue weighted by Crippen LogP contribution is -2.49. The van der Waals surface area contributed by atoms with Crippen LogP contribution in [-0.4, -0.2) is 57.3 Å². The number of hydrogen-bond donors (Lipinski definition) is 0. The van der Waals surface area contributed by atoms with Gasteiger partial charge in [-0.25, -0.2) is 0 Å². The number of benzene rings is 1. The Morgan fingerprint density at radius 2 is 1.70 bits per heavy atom. The zero-order valence-corrected chi connectivity index (χ0v) is 17.4. The van der Waals surface area contributed by atoms with Crippen LogP contribution in [-0.2, 0) is 10.8 Å². The van der Waals surface area contributed by atoms with Gasteiger partial charge in [0.05, 0.1) is 16.5 Å². The second-order valence-electron chi connectivity index (χ2n) is 7.32. The number of unbranched alkanes of at least 4 members (excludes halogenated alkanes) is 1. The highest BCUT2D eigenvalue weighted by Gasteiger charge is 2.20. The largest absolute Gasteiger partial charge is 0.353 e. The summed E-state index contributed by atoms with van der Waals surface area (Å²) in [6.45, 7) is 10.7. The molecule has 0 spiro atoms. The number of rotatable bonds is 7. The molecule has 1 fully saturated rings. The molecule has 0 amide bonds. The van der Waals surface area contributed by atoms with Crippen LogP contribution in [0.25, 0.3) is 11.3 Å². The first-order chi connectivity index (χ1) is 13.1. The third-order valence-corrected chi connectivity index (χ3v) is 6.57. The van der Waals surface area contributed by atoms with Gasteiger partial charge in [-0.3, -0.25) is 9.11 Å². The van der Waals surface area contributed by atoms with Crippen molar-refractivity contribution in [3.63, 3.8) is 0 Å². The van der Waals surface area contributed by atoms with E-state index in [1.165, 1.54) is 0 Å². The number of piperazine rings is 1. The van der Waals surface area contributed by atoms with Gasteiger partial charge in [0, 0.05) is 48.4 Å². The van der Waals surface area contributed by atoms with E-state index >= 15 is 0 Å². The van der Waals surface area contributed by atoms with Crippen molar-refractivity contribution < 1.29 is 4.21 Å². The molecule has 0 aliphatic carbocycles. The molecular formula is C21H30N4OS. The molecule has 3 rings (SSSR count). The maximum Gasteiger partial charge on any atom is 0.151 e. The van der Waals surface area contributed by atoms with E-state index in [0.717, 1.165) is 66.7 Å². The van der Waals surface area contributed by atoms with Crippen LogP contribution < -0.4 is 4.90 Å². The van der Waals surface area contributed by atoms with E-state index in [4.69, 9.17) is 0 Å². The SMILES string of the molecule is CCCCS(=O)c1ccc(-c2ccc(N3CCN(C(C)C)CC3)nn2)cc1. The zero-order chi connectivity index (χ0) is 19.2. The monoisotopic (exact) mass is 386 g/mol. The van der Waals surface area contributed by atoms with Crippen molar-refractivity contribution in [3.8, 4) is 11.3 Å². The van der Waals surface area contributed by atoms with Gasteiger partial charge in [0.2, 0.25) is 0 Å². The van der Waals surface area contributed by atoms with Crippen LogP contribution in [0.2, 0.25) is 0 Å². The fourth-order valence-corrected chi connectivity index (χ4v) is 4.51. The summed E-state index contributed by atoms with van der Waals surface area (Å²) in [7, 11) is -0.908. The minimum atomic E-state index is -0.908. The summed E-state index contributed by atoms with van der Waals surface area (Å²) in [4.78, 5) is 5.68. The molecule has 1 aromatic carbocycles. The van der Waals surface area contributed by atoms with Gasteiger partial charge in [-0.2, -0.15) is 0 Å². The van der Waals surface area contributed by atoms with E-state index in [1.807, 2.05) is 30.3 Å². The van der Waals surface area contributed by atoms with Crippen molar-refractivity contribution in [2.45, 2.75) is 44.6 Å². The molecule has 1 aliphatic rings. The minimum Gasteiger partial charge on any atom is -0.353 e. The number of hydrogen-bond acceptors (Lipinski definition) is 5. The molecule has 0 radical (unpaired) electrons. The first-order valence-corrected chi connectivity index (χ1v) is 11.2. The Balaban J connectivity index is 1.63. The van der Waals surface area contributed by atoms with Gasteiger partial charge in [0.15, 0.2) is 5.82 Å². The molecule has 146 valence electrons. The molecule has 1 aliphatic heterocycles. The van der Waals surface area contributed by atoms with Gasteiger partial charge in [-0.05, 0) is 44.5 Å². The molecule has 5 nitrogen and oxygen atoms in total. The molecule has 0 N–H and O–H groups in total. The van der Waals surface area contributed by atoms with E-state index in [0.29, 0.717) is 6.04 Å². The van der Waals surface area contributed by atoms with Gasteiger partial charge in [-0.1, -0.05) is 25.5 Å². The lowest BCUT2D eigenvalue weighted by atomic mass is 10.1. The molecule has 1 aromatic heterocycles. The van der Waals surface area contributed by atoms with Gasteiger partial charge in [0.1, 0.15) is 0 Å². The average molecular weight is 387 g/mol. The summed E-state index contributed by atoms with van der Waals surface area (Å²) >= 11 is 0. The third kappa shape index (κ3) is 5.14. The molecule has 0 bridgehead atoms. The van der Waals surface area contributed by atoms with Crippen LogP contribution in [0.5, 0.6) is 0 Å². The Morgan fingerprint density at radius 1 is 1.00 bits per heavy atom. The first-order valence-electron chi connectivity index (χ1n) is 9.90. The standard InChI is InChI=1S/C21H30N4OS/c1-4-5-16-27(26)19-8-6-18(7-9-19)20-10-11-21(23-22-20)25-14-12-24(13-15-25)17(2)3/h6-11,17H,4-5,12-16H2,1-3H3. The normalized spacial score (nSPS) is 16.7. The molecule has 1 atom stereocenters. The predicted octanol–water partition coefficient (Wildman–Crippen LogP) is 3.58. The topological polar surface area (TPSA) is 49.3 Å². The highest BCUT2D eigenvalue weighted by Crippen LogP contribution is 2.21. The van der Waals surface area contributed by atoms with Crippen molar-refractivity contribution in [2.75, 3.05) is 36.8 Å². The lowest BCUT2D eigenvalue weighted by Gasteiger charge is -2.37. The zero-order valence-electron chi connectivity index (χ0n) is 16.6. The van der Waals surface area contributed by atoms with Crippen molar-refractivity contribution in [1.82, 2.24) is 15.1 Å². The Bertz CT molecular complexity index is 738. The summed E-state index contributed by atoms with van der Waals surface area (Å²) in [5.41, 5.74) is 1.86. The summed E-state index contributed by atoms with van der Waals surface area (Å²) < 4.78 is 12.2. The van der Waals surface area contributed by atoms with Gasteiger partial charge in [-0.15, -0.1) is 10.2 Å². The summed E-state index contributed by atoms with van der Waals surface area (Å²) in [5, 5.41) is 8.87. The second kappa shape index (κ2) is 9.42. The number of anilines is 1. The number of nitrogens with zero attached hydrogens (tertiary/aromatic N) is 4. The van der Waals surface area contributed by atoms with E-state index in [9.17, 15) is 4.21 Å². The van der Waals surface area contributed by atoms with Gasteiger partial charge in [0.25, 0.3) is 0 Å². The molecule has 6 heteroatoms. The van der Waals surface area contributed by atoms with Crippen LogP contribution in [0.15, 0.2) is 41.3 Å². The van der Waals surface area contributed by atoms with E-state index in [1.54, 1.807) is 0 Å². The highest BCUT2D eigenvalue weighted by atomic mass is 32.2. The highest BCUT2D eigenvalue weighted by molar-refractivity contribution is 7.85. The van der Waals surface area contributed by atoms with Gasteiger partial charge >= 0.3 is 0 Å². The second-order valence-corrected chi connectivity index (χ2v) is 8.89. The average Bonchev–Trinajstić information content (AvgIpc) is 2.72. The summed E-state index contributed by atoms with van der Waals surface area (Å²) in [5.74, 6) is 1.67. The van der Waals surface area contributed by atoms with Crippen LogP contribution in [0.4, 0.5) is 5.82 Å². The minimum absolute atomic E-state index is 0.597. The molecule has 2 aromatic rings. The first kappa shape index (κ1) is 20.0. The molecule has 1 unspecified atom stereocenters. The maximum atomic E-state index is 12.2. The summed E-state index contributed by atoms with van der Waals surface area (Å²) in [6.07, 6.45) is 2.06. The number of aromatic nitrogens is 2. The fourth-order valence-electron chi connectivity index (χ4n) is 3.29. The third-order valence-electron chi connectivity index (χ3n) is 5.12. The van der Waals surface area contributed by atoms with E-state index < -0.39 is 10.8 Å². The molecule has 27 heavy (non-hydrogen) atoms. The van der Waals surface area contributed by atoms with Crippen LogP contribution >= 0.6 is 0 Å². The van der Waals surface area contributed by atoms with Crippen molar-refractivity contribution in [3.05, 3.63) is 36.4 Å². The quantitative estimate of drug-likeness (QED) is 0.728. The smallest absolute Gasteiger partial charge is 0.151 e. The summed E-state index contributed by atoms with van der Waals surface area (Å²) in [6, 6.07) is 12.6. The van der Waals surface area contributed by atoms with E-state index in [2.05, 4.69) is 46.8 Å². The Morgan fingerprint density at radius 3 is 2.26 bits per heavy atom. The molecule has 1 saturated heterocycles. The molecule has 0 saturated carbocycles. The van der Waals surface area contributed by atoms with Gasteiger partial charge < -0.3 is 4.90 Å². The van der Waals surface area contributed by atoms with E-state index in [-0.39, 0.29) is 0 Å². The Hall–Kier alpha value is -1.79. The van der Waals surface area contributed by atoms with Crippen LogP contribution in [0.3, 0.4) is 0 Å². The van der Waals surface area contributed by atoms with Crippen LogP contribution in [0.1, 0.15) is 33.6 Å². The Labute approximate surface area is 165 Å².